The van der Waals surface area contributed by atoms with Gasteiger partial charge in [-0.1, -0.05) is 12.0 Å². The van der Waals surface area contributed by atoms with Gasteiger partial charge >= 0.3 is 0 Å². The number of hydrogen-bond acceptors (Lipinski definition) is 2. The van der Waals surface area contributed by atoms with Crippen LogP contribution in [0, 0.1) is 5.92 Å². The lowest BCUT2D eigenvalue weighted by Gasteiger charge is -2.29. The number of hydrogen-bond donors (Lipinski definition) is 0. The van der Waals surface area contributed by atoms with Crippen LogP contribution in [0.5, 0.6) is 0 Å². The Morgan fingerprint density at radius 3 is 2.62 bits per heavy atom. The highest BCUT2D eigenvalue weighted by atomic mass is 32.2. The maximum absolute atomic E-state index is 12.4. The maximum atomic E-state index is 12.4. The van der Waals surface area contributed by atoms with Crippen LogP contribution in [0.3, 0.4) is 0 Å². The zero-order valence-electron chi connectivity index (χ0n) is 10.3. The van der Waals surface area contributed by atoms with Crippen LogP contribution in [0.15, 0.2) is 11.6 Å². The summed E-state index contributed by atoms with van der Waals surface area (Å²) in [5.74, 6) is 0.386. The van der Waals surface area contributed by atoms with E-state index in [2.05, 4.69) is 0 Å². The van der Waals surface area contributed by atoms with Crippen molar-refractivity contribution in [3.05, 3.63) is 11.6 Å². The number of carbonyl (C=O) groups is 1. The van der Waals surface area contributed by atoms with E-state index in [0.29, 0.717) is 0 Å². The highest BCUT2D eigenvalue weighted by molar-refractivity contribution is 7.87. The molecule has 0 saturated heterocycles. The number of ketones is 1. The van der Waals surface area contributed by atoms with E-state index in [4.69, 9.17) is 0 Å². The van der Waals surface area contributed by atoms with Crippen LogP contribution in [-0.4, -0.2) is 20.0 Å². The molecule has 2 aliphatic rings. The Kier molecular flexibility index (Phi) is 3.08. The van der Waals surface area contributed by atoms with E-state index in [1.807, 2.05) is 20.8 Å². The van der Waals surface area contributed by atoms with Crippen LogP contribution in [0.1, 0.15) is 46.5 Å². The molecular weight excluding hydrogens is 220 g/mol. The highest BCUT2D eigenvalue weighted by Gasteiger charge is 2.43. The van der Waals surface area contributed by atoms with Gasteiger partial charge in [0.15, 0.2) is 5.78 Å². The molecule has 0 aliphatic heterocycles. The summed E-state index contributed by atoms with van der Waals surface area (Å²) in [7, 11) is -1.06. The first kappa shape index (κ1) is 12.0. The van der Waals surface area contributed by atoms with Crippen LogP contribution < -0.4 is 0 Å². The van der Waals surface area contributed by atoms with Crippen LogP contribution >= 0.6 is 0 Å². The second kappa shape index (κ2) is 4.10. The first-order valence-corrected chi connectivity index (χ1v) is 7.27. The Morgan fingerprint density at radius 2 is 2.00 bits per heavy atom. The average Bonchev–Trinajstić information content (AvgIpc) is 2.51. The van der Waals surface area contributed by atoms with Crippen LogP contribution in [0.25, 0.3) is 0 Å². The second-order valence-electron chi connectivity index (χ2n) is 5.80. The number of fused-ring (bicyclic) bond motifs is 1. The zero-order chi connectivity index (χ0) is 11.9. The van der Waals surface area contributed by atoms with Crippen molar-refractivity contribution >= 4 is 16.6 Å². The van der Waals surface area contributed by atoms with Crippen molar-refractivity contribution in [2.45, 2.75) is 56.5 Å². The molecule has 0 N–H and O–H groups in total. The van der Waals surface area contributed by atoms with Gasteiger partial charge in [-0.3, -0.25) is 9.00 Å². The first-order chi connectivity index (χ1) is 7.41. The molecule has 0 aromatic carbocycles. The van der Waals surface area contributed by atoms with E-state index < -0.39 is 10.8 Å². The Bertz CT molecular complexity index is 363. The smallest absolute Gasteiger partial charge is 0.171 e. The molecule has 0 aromatic heterocycles. The van der Waals surface area contributed by atoms with Crippen molar-refractivity contribution in [1.82, 2.24) is 0 Å². The van der Waals surface area contributed by atoms with Crippen LogP contribution in [-0.2, 0) is 15.6 Å². The summed E-state index contributed by atoms with van der Waals surface area (Å²) in [5, 5.41) is -0.254. The standard InChI is InChI=1S/C13H20O2S/c1-13(2,3)16(15)12-10-7-5-4-6-9(10)8-11(12)14/h8,10,12H,4-7H2,1-3H3/t10-,12+,16?/m0/s1. The molecule has 0 radical (unpaired) electrons. The average molecular weight is 240 g/mol. The van der Waals surface area contributed by atoms with Gasteiger partial charge in [-0.05, 0) is 46.1 Å². The van der Waals surface area contributed by atoms with E-state index in [9.17, 15) is 9.00 Å². The van der Waals surface area contributed by atoms with Crippen molar-refractivity contribution in [3.8, 4) is 0 Å². The van der Waals surface area contributed by atoms with E-state index in [0.717, 1.165) is 12.8 Å². The monoisotopic (exact) mass is 240 g/mol. The lowest BCUT2D eigenvalue weighted by atomic mass is 9.86. The lowest BCUT2D eigenvalue weighted by Crippen LogP contribution is -2.39. The zero-order valence-corrected chi connectivity index (χ0v) is 11.1. The van der Waals surface area contributed by atoms with Crippen LogP contribution in [0.4, 0.5) is 0 Å². The Hall–Kier alpha value is -0.440. The third-order valence-corrected chi connectivity index (χ3v) is 5.74. The fourth-order valence-corrected chi connectivity index (χ4v) is 4.34. The third kappa shape index (κ3) is 2.02. The van der Waals surface area contributed by atoms with Crippen molar-refractivity contribution < 1.29 is 9.00 Å². The Labute approximate surface area is 100.0 Å². The van der Waals surface area contributed by atoms with Crippen molar-refractivity contribution in [2.24, 2.45) is 5.92 Å². The van der Waals surface area contributed by atoms with Gasteiger partial charge in [0.05, 0.1) is 0 Å². The molecule has 3 atom stereocenters. The van der Waals surface area contributed by atoms with Gasteiger partial charge in [0, 0.05) is 21.5 Å². The molecule has 0 aromatic rings. The summed E-state index contributed by atoms with van der Waals surface area (Å²) in [6.45, 7) is 5.87. The van der Waals surface area contributed by atoms with E-state index in [1.165, 1.54) is 18.4 Å². The highest BCUT2D eigenvalue weighted by Crippen LogP contribution is 2.40. The summed E-state index contributed by atoms with van der Waals surface area (Å²) >= 11 is 0. The van der Waals surface area contributed by atoms with Gasteiger partial charge in [0.25, 0.3) is 0 Å². The molecule has 1 unspecified atom stereocenters. The van der Waals surface area contributed by atoms with Gasteiger partial charge in [-0.2, -0.15) is 0 Å². The molecule has 2 rings (SSSR count). The minimum absolute atomic E-state index is 0.107. The minimum Gasteiger partial charge on any atom is -0.293 e. The molecule has 1 fully saturated rings. The molecule has 1 saturated carbocycles. The third-order valence-electron chi connectivity index (χ3n) is 3.51. The second-order valence-corrected chi connectivity index (χ2v) is 8.13. The minimum atomic E-state index is -1.06. The molecule has 2 aliphatic carbocycles. The Morgan fingerprint density at radius 1 is 1.31 bits per heavy atom. The summed E-state index contributed by atoms with van der Waals surface area (Å²) in [4.78, 5) is 12.0. The maximum Gasteiger partial charge on any atom is 0.171 e. The lowest BCUT2D eigenvalue weighted by molar-refractivity contribution is -0.114. The van der Waals surface area contributed by atoms with Crippen molar-refractivity contribution in [3.63, 3.8) is 0 Å². The van der Waals surface area contributed by atoms with Crippen molar-refractivity contribution in [1.29, 1.82) is 0 Å². The summed E-state index contributed by atoms with van der Waals surface area (Å²) in [6, 6.07) is 0. The van der Waals surface area contributed by atoms with Gasteiger partial charge in [0.2, 0.25) is 0 Å². The quantitative estimate of drug-likeness (QED) is 0.706. The topological polar surface area (TPSA) is 34.1 Å². The molecule has 0 spiro atoms. The van der Waals surface area contributed by atoms with Gasteiger partial charge in [-0.25, -0.2) is 0 Å². The van der Waals surface area contributed by atoms with E-state index >= 15 is 0 Å². The summed E-state index contributed by atoms with van der Waals surface area (Å²) < 4.78 is 12.1. The van der Waals surface area contributed by atoms with Crippen molar-refractivity contribution in [2.75, 3.05) is 0 Å². The van der Waals surface area contributed by atoms with Gasteiger partial charge in [0.1, 0.15) is 5.25 Å². The number of allylic oxidation sites excluding steroid dienone is 2. The number of rotatable bonds is 1. The molecule has 16 heavy (non-hydrogen) atoms. The van der Waals surface area contributed by atoms with E-state index in [-0.39, 0.29) is 21.7 Å². The molecule has 3 heteroatoms. The van der Waals surface area contributed by atoms with Gasteiger partial charge in [-0.15, -0.1) is 0 Å². The normalized spacial score (nSPS) is 32.2. The number of carbonyl (C=O) groups excluding carboxylic acids is 1. The van der Waals surface area contributed by atoms with Crippen LogP contribution in [0.2, 0.25) is 0 Å². The summed E-state index contributed by atoms with van der Waals surface area (Å²) in [6.07, 6.45) is 6.22. The van der Waals surface area contributed by atoms with E-state index in [1.54, 1.807) is 6.08 Å². The Balaban J connectivity index is 2.24. The SMILES string of the molecule is CC(C)(C)S(=O)[C@H]1C(=O)C=C2CCCC[C@@H]21. The molecule has 90 valence electrons. The van der Waals surface area contributed by atoms with Gasteiger partial charge < -0.3 is 0 Å². The first-order valence-electron chi connectivity index (χ1n) is 6.06. The fraction of sp³-hybridized carbons (Fsp3) is 0.769. The molecule has 0 amide bonds. The summed E-state index contributed by atoms with van der Waals surface area (Å²) in [5.41, 5.74) is 1.26. The fourth-order valence-electron chi connectivity index (χ4n) is 2.69. The molecule has 2 nitrogen and oxygen atoms in total. The molecule has 0 heterocycles. The molecular formula is C13H20O2S. The predicted molar refractivity (Wildman–Crippen MR) is 66.7 cm³/mol. The molecule has 0 bridgehead atoms. The predicted octanol–water partition coefficient (Wildman–Crippen LogP) is 2.60. The largest absolute Gasteiger partial charge is 0.293 e.